The van der Waals surface area contributed by atoms with E-state index in [9.17, 15) is 4.79 Å². The van der Waals surface area contributed by atoms with Gasteiger partial charge in [-0.05, 0) is 39.1 Å². The minimum atomic E-state index is -0.0971. The van der Waals surface area contributed by atoms with Crippen LogP contribution >= 0.6 is 28.3 Å². The SMILES string of the molecule is CNCCNC(=O)c1cc(Br)cc(OC(C)C)c1.Cl. The van der Waals surface area contributed by atoms with Crippen molar-refractivity contribution in [1.82, 2.24) is 10.6 Å². The van der Waals surface area contributed by atoms with Crippen molar-refractivity contribution in [2.45, 2.75) is 20.0 Å². The molecule has 0 radical (unpaired) electrons. The van der Waals surface area contributed by atoms with Gasteiger partial charge in [-0.3, -0.25) is 4.79 Å². The van der Waals surface area contributed by atoms with Gasteiger partial charge in [-0.25, -0.2) is 0 Å². The van der Waals surface area contributed by atoms with Crippen LogP contribution in [0.3, 0.4) is 0 Å². The Hall–Kier alpha value is -0.780. The van der Waals surface area contributed by atoms with E-state index in [0.717, 1.165) is 11.0 Å². The number of ether oxygens (including phenoxy) is 1. The molecule has 19 heavy (non-hydrogen) atoms. The van der Waals surface area contributed by atoms with Crippen molar-refractivity contribution >= 4 is 34.2 Å². The molecule has 6 heteroatoms. The molecule has 0 aromatic heterocycles. The lowest BCUT2D eigenvalue weighted by molar-refractivity contribution is 0.0953. The molecule has 4 nitrogen and oxygen atoms in total. The summed E-state index contributed by atoms with van der Waals surface area (Å²) in [6, 6.07) is 5.38. The number of carbonyl (C=O) groups excluding carboxylic acids is 1. The van der Waals surface area contributed by atoms with Gasteiger partial charge in [-0.15, -0.1) is 12.4 Å². The van der Waals surface area contributed by atoms with Crippen molar-refractivity contribution in [3.05, 3.63) is 28.2 Å². The fraction of sp³-hybridized carbons (Fsp3) is 0.462. The predicted molar refractivity (Wildman–Crippen MR) is 83.4 cm³/mol. The molecule has 0 aliphatic heterocycles. The number of hydrogen-bond donors (Lipinski definition) is 2. The number of rotatable bonds is 6. The van der Waals surface area contributed by atoms with Gasteiger partial charge < -0.3 is 15.4 Å². The van der Waals surface area contributed by atoms with E-state index in [0.29, 0.717) is 17.9 Å². The Labute approximate surface area is 128 Å². The Morgan fingerprint density at radius 3 is 2.58 bits per heavy atom. The number of halogens is 2. The molecule has 0 atom stereocenters. The van der Waals surface area contributed by atoms with Crippen molar-refractivity contribution in [3.8, 4) is 5.75 Å². The first-order chi connectivity index (χ1) is 8.52. The Bertz CT molecular complexity index is 414. The molecular formula is C13H20BrClN2O2. The third-order valence-electron chi connectivity index (χ3n) is 2.17. The first kappa shape index (κ1) is 18.2. The Kier molecular flexibility index (Phi) is 8.80. The third kappa shape index (κ3) is 6.80. The summed E-state index contributed by atoms with van der Waals surface area (Å²) in [5, 5.41) is 5.80. The molecule has 0 aliphatic carbocycles. The van der Waals surface area contributed by atoms with E-state index in [1.54, 1.807) is 12.1 Å². The minimum Gasteiger partial charge on any atom is -0.491 e. The van der Waals surface area contributed by atoms with Crippen LogP contribution in [0, 0.1) is 0 Å². The smallest absolute Gasteiger partial charge is 0.251 e. The van der Waals surface area contributed by atoms with Gasteiger partial charge in [0.1, 0.15) is 5.75 Å². The molecule has 0 heterocycles. The van der Waals surface area contributed by atoms with Gasteiger partial charge >= 0.3 is 0 Å². The Morgan fingerprint density at radius 2 is 2.00 bits per heavy atom. The van der Waals surface area contributed by atoms with E-state index in [4.69, 9.17) is 4.74 Å². The first-order valence-corrected chi connectivity index (χ1v) is 6.72. The highest BCUT2D eigenvalue weighted by molar-refractivity contribution is 9.10. The fourth-order valence-corrected chi connectivity index (χ4v) is 1.91. The molecule has 0 saturated heterocycles. The third-order valence-corrected chi connectivity index (χ3v) is 2.62. The van der Waals surface area contributed by atoms with Crippen LogP contribution in [0.2, 0.25) is 0 Å². The summed E-state index contributed by atoms with van der Waals surface area (Å²) >= 11 is 3.38. The van der Waals surface area contributed by atoms with E-state index >= 15 is 0 Å². The quantitative estimate of drug-likeness (QED) is 0.775. The molecule has 1 rings (SSSR count). The van der Waals surface area contributed by atoms with Gasteiger partial charge in [0.05, 0.1) is 6.10 Å². The van der Waals surface area contributed by atoms with E-state index in [1.165, 1.54) is 0 Å². The van der Waals surface area contributed by atoms with E-state index in [1.807, 2.05) is 27.0 Å². The Balaban J connectivity index is 0.00000324. The topological polar surface area (TPSA) is 50.4 Å². The van der Waals surface area contributed by atoms with Crippen LogP contribution in [0.4, 0.5) is 0 Å². The van der Waals surface area contributed by atoms with Crippen molar-refractivity contribution in [3.63, 3.8) is 0 Å². The average Bonchev–Trinajstić information content (AvgIpc) is 2.27. The molecule has 0 fully saturated rings. The second-order valence-electron chi connectivity index (χ2n) is 4.20. The molecule has 0 bridgehead atoms. The van der Waals surface area contributed by atoms with E-state index in [2.05, 4.69) is 26.6 Å². The maximum Gasteiger partial charge on any atom is 0.251 e. The number of amides is 1. The summed E-state index contributed by atoms with van der Waals surface area (Å²) < 4.78 is 6.42. The summed E-state index contributed by atoms with van der Waals surface area (Å²) in [6.07, 6.45) is 0.0829. The molecular weight excluding hydrogens is 332 g/mol. The number of likely N-dealkylation sites (N-methyl/N-ethyl adjacent to an activating group) is 1. The van der Waals surface area contributed by atoms with Gasteiger partial charge in [0, 0.05) is 23.1 Å². The molecule has 0 saturated carbocycles. The molecule has 2 N–H and O–H groups in total. The second-order valence-corrected chi connectivity index (χ2v) is 5.12. The second kappa shape index (κ2) is 9.18. The normalized spacial score (nSPS) is 9.95. The fourth-order valence-electron chi connectivity index (χ4n) is 1.44. The summed E-state index contributed by atoms with van der Waals surface area (Å²) in [5.74, 6) is 0.596. The largest absolute Gasteiger partial charge is 0.491 e. The summed E-state index contributed by atoms with van der Waals surface area (Å²) in [7, 11) is 1.85. The molecule has 0 unspecified atom stereocenters. The van der Waals surface area contributed by atoms with E-state index in [-0.39, 0.29) is 24.4 Å². The average molecular weight is 352 g/mol. The molecule has 108 valence electrons. The number of hydrogen-bond acceptors (Lipinski definition) is 3. The van der Waals surface area contributed by atoms with Crippen LogP contribution in [-0.4, -0.2) is 32.1 Å². The van der Waals surface area contributed by atoms with Crippen LogP contribution < -0.4 is 15.4 Å². The molecule has 0 aliphatic rings. The molecule has 1 amide bonds. The van der Waals surface area contributed by atoms with Crippen molar-refractivity contribution < 1.29 is 9.53 Å². The van der Waals surface area contributed by atoms with Crippen LogP contribution in [-0.2, 0) is 0 Å². The van der Waals surface area contributed by atoms with Crippen molar-refractivity contribution in [1.29, 1.82) is 0 Å². The predicted octanol–water partition coefficient (Wildman–Crippen LogP) is 2.61. The van der Waals surface area contributed by atoms with Gasteiger partial charge in [0.2, 0.25) is 0 Å². The summed E-state index contributed by atoms with van der Waals surface area (Å²) in [4.78, 5) is 11.9. The highest BCUT2D eigenvalue weighted by Crippen LogP contribution is 2.22. The lowest BCUT2D eigenvalue weighted by Crippen LogP contribution is -2.30. The number of carbonyl (C=O) groups is 1. The molecule has 0 spiro atoms. The lowest BCUT2D eigenvalue weighted by Gasteiger charge is -2.12. The number of nitrogens with one attached hydrogen (secondary N) is 2. The first-order valence-electron chi connectivity index (χ1n) is 5.93. The molecule has 1 aromatic rings. The van der Waals surface area contributed by atoms with Crippen LogP contribution in [0.15, 0.2) is 22.7 Å². The monoisotopic (exact) mass is 350 g/mol. The Morgan fingerprint density at radius 1 is 1.32 bits per heavy atom. The highest BCUT2D eigenvalue weighted by Gasteiger charge is 2.09. The van der Waals surface area contributed by atoms with Crippen LogP contribution in [0.1, 0.15) is 24.2 Å². The maximum atomic E-state index is 11.9. The highest BCUT2D eigenvalue weighted by atomic mass is 79.9. The lowest BCUT2D eigenvalue weighted by atomic mass is 10.2. The number of benzene rings is 1. The van der Waals surface area contributed by atoms with Gasteiger partial charge in [0.25, 0.3) is 5.91 Å². The maximum absolute atomic E-state index is 11.9. The van der Waals surface area contributed by atoms with Gasteiger partial charge in [-0.1, -0.05) is 15.9 Å². The standard InChI is InChI=1S/C13H19BrN2O2.ClH/c1-9(2)18-12-7-10(6-11(14)8-12)13(17)16-5-4-15-3;/h6-9,15H,4-5H2,1-3H3,(H,16,17);1H. The summed E-state index contributed by atoms with van der Waals surface area (Å²) in [5.41, 5.74) is 0.594. The van der Waals surface area contributed by atoms with E-state index < -0.39 is 0 Å². The van der Waals surface area contributed by atoms with Gasteiger partial charge in [0.15, 0.2) is 0 Å². The van der Waals surface area contributed by atoms with Crippen molar-refractivity contribution in [2.75, 3.05) is 20.1 Å². The zero-order chi connectivity index (χ0) is 13.5. The van der Waals surface area contributed by atoms with Crippen molar-refractivity contribution in [2.24, 2.45) is 0 Å². The zero-order valence-corrected chi connectivity index (χ0v) is 13.7. The van der Waals surface area contributed by atoms with Crippen LogP contribution in [0.5, 0.6) is 5.75 Å². The molecule has 1 aromatic carbocycles. The minimum absolute atomic E-state index is 0. The zero-order valence-electron chi connectivity index (χ0n) is 11.3. The van der Waals surface area contributed by atoms with Crippen LogP contribution in [0.25, 0.3) is 0 Å². The summed E-state index contributed by atoms with van der Waals surface area (Å²) in [6.45, 7) is 5.25. The van der Waals surface area contributed by atoms with Gasteiger partial charge in [-0.2, -0.15) is 0 Å².